The summed E-state index contributed by atoms with van der Waals surface area (Å²) in [7, 11) is -2.45. The molecule has 7 nitrogen and oxygen atoms in total. The van der Waals surface area contributed by atoms with Crippen LogP contribution in [-0.4, -0.2) is 33.8 Å². The van der Waals surface area contributed by atoms with E-state index in [-0.39, 0.29) is 16.0 Å². The van der Waals surface area contributed by atoms with E-state index in [9.17, 15) is 26.8 Å². The van der Waals surface area contributed by atoms with Gasteiger partial charge in [0.15, 0.2) is 11.6 Å². The van der Waals surface area contributed by atoms with Crippen LogP contribution in [0.5, 0.6) is 0 Å². The lowest BCUT2D eigenvalue weighted by molar-refractivity contribution is -0.122. The van der Waals surface area contributed by atoms with Gasteiger partial charge in [-0.3, -0.25) is 9.59 Å². The van der Waals surface area contributed by atoms with Gasteiger partial charge in [0.05, 0.1) is 4.90 Å². The van der Waals surface area contributed by atoms with E-state index in [1.54, 1.807) is 0 Å². The molecule has 0 aromatic heterocycles. The predicted molar refractivity (Wildman–Crippen MR) is 105 cm³/mol. The number of hydrogen-bond acceptors (Lipinski definition) is 4. The van der Waals surface area contributed by atoms with Gasteiger partial charge >= 0.3 is 0 Å². The molecule has 0 saturated heterocycles. The van der Waals surface area contributed by atoms with Crippen LogP contribution in [0.4, 0.5) is 8.78 Å². The smallest absolute Gasteiger partial charge is 0.252 e. The predicted octanol–water partition coefficient (Wildman–Crippen LogP) is 1.87. The molecule has 10 heteroatoms. The molecule has 0 heterocycles. The van der Waals surface area contributed by atoms with E-state index in [0.717, 1.165) is 25.0 Å². The van der Waals surface area contributed by atoms with Gasteiger partial charge in [-0.2, -0.15) is 0 Å². The monoisotopic (exact) mass is 437 g/mol. The van der Waals surface area contributed by atoms with E-state index < -0.39 is 39.5 Å². The second-order valence-corrected chi connectivity index (χ2v) is 8.78. The number of carbonyl (C=O) groups is 2. The van der Waals surface area contributed by atoms with Crippen LogP contribution >= 0.6 is 0 Å². The van der Waals surface area contributed by atoms with Gasteiger partial charge in [-0.1, -0.05) is 12.1 Å². The van der Waals surface area contributed by atoms with Crippen LogP contribution in [0.2, 0.25) is 0 Å². The van der Waals surface area contributed by atoms with Crippen LogP contribution in [0, 0.1) is 17.6 Å². The molecule has 1 aliphatic carbocycles. The fourth-order valence-corrected chi connectivity index (χ4v) is 3.95. The van der Waals surface area contributed by atoms with E-state index in [1.165, 1.54) is 37.4 Å². The summed E-state index contributed by atoms with van der Waals surface area (Å²) in [4.78, 5) is 24.8. The molecule has 160 valence electrons. The van der Waals surface area contributed by atoms with Gasteiger partial charge in [-0.05, 0) is 54.7 Å². The first-order valence-electron chi connectivity index (χ1n) is 9.28. The maximum absolute atomic E-state index is 13.6. The highest BCUT2D eigenvalue weighted by molar-refractivity contribution is 7.89. The Morgan fingerprint density at radius 2 is 1.83 bits per heavy atom. The van der Waals surface area contributed by atoms with Crippen molar-refractivity contribution < 1.29 is 26.8 Å². The van der Waals surface area contributed by atoms with Crippen LogP contribution in [0.3, 0.4) is 0 Å². The third kappa shape index (κ3) is 5.19. The molecule has 1 unspecified atom stereocenters. The molecule has 0 spiro atoms. The molecule has 3 rings (SSSR count). The maximum Gasteiger partial charge on any atom is 0.252 e. The second kappa shape index (κ2) is 8.88. The Kier molecular flexibility index (Phi) is 6.47. The SMILES string of the molecule is CNC(=O)C(NC(=O)c1cccc(S(=O)(=O)NCC2CC2)c1)c1ccc(F)c(F)c1. The van der Waals surface area contributed by atoms with Gasteiger partial charge in [0, 0.05) is 19.2 Å². The average molecular weight is 437 g/mol. The molecule has 30 heavy (non-hydrogen) atoms. The van der Waals surface area contributed by atoms with Crippen molar-refractivity contribution in [3.8, 4) is 0 Å². The Bertz CT molecular complexity index is 1070. The van der Waals surface area contributed by atoms with Gasteiger partial charge < -0.3 is 10.6 Å². The summed E-state index contributed by atoms with van der Waals surface area (Å²) < 4.78 is 54.2. The molecule has 2 aromatic carbocycles. The highest BCUT2D eigenvalue weighted by Crippen LogP contribution is 2.28. The number of likely N-dealkylation sites (N-methyl/N-ethyl adjacent to an activating group) is 1. The number of sulfonamides is 1. The Hall–Kier alpha value is -2.85. The van der Waals surface area contributed by atoms with Crippen LogP contribution < -0.4 is 15.4 Å². The van der Waals surface area contributed by atoms with E-state index in [1.807, 2.05) is 0 Å². The first-order valence-corrected chi connectivity index (χ1v) is 10.8. The van der Waals surface area contributed by atoms with Crippen molar-refractivity contribution in [1.29, 1.82) is 0 Å². The molecule has 0 aliphatic heterocycles. The Morgan fingerprint density at radius 3 is 2.47 bits per heavy atom. The molecule has 1 fully saturated rings. The van der Waals surface area contributed by atoms with E-state index in [4.69, 9.17) is 0 Å². The molecule has 2 aromatic rings. The van der Waals surface area contributed by atoms with E-state index in [2.05, 4.69) is 15.4 Å². The zero-order chi connectivity index (χ0) is 21.9. The van der Waals surface area contributed by atoms with Crippen LogP contribution in [0.25, 0.3) is 0 Å². The number of nitrogens with one attached hydrogen (secondary N) is 3. The Balaban J connectivity index is 1.81. The fraction of sp³-hybridized carbons (Fsp3) is 0.300. The lowest BCUT2D eigenvalue weighted by Gasteiger charge is -2.18. The first-order chi connectivity index (χ1) is 14.2. The fourth-order valence-electron chi connectivity index (χ4n) is 2.79. The molecule has 1 saturated carbocycles. The molecule has 1 aliphatic rings. The highest BCUT2D eigenvalue weighted by Gasteiger charge is 2.26. The number of carbonyl (C=O) groups excluding carboxylic acids is 2. The Morgan fingerprint density at radius 1 is 1.10 bits per heavy atom. The topological polar surface area (TPSA) is 104 Å². The second-order valence-electron chi connectivity index (χ2n) is 7.02. The normalized spacial score (nSPS) is 14.8. The molecule has 3 N–H and O–H groups in total. The lowest BCUT2D eigenvalue weighted by Crippen LogP contribution is -2.39. The molecule has 0 radical (unpaired) electrons. The van der Waals surface area contributed by atoms with Gasteiger partial charge in [0.1, 0.15) is 6.04 Å². The van der Waals surface area contributed by atoms with Crippen molar-refractivity contribution in [3.05, 3.63) is 65.2 Å². The zero-order valence-corrected chi connectivity index (χ0v) is 16.9. The summed E-state index contributed by atoms with van der Waals surface area (Å²) in [5.41, 5.74) is 0.0391. The summed E-state index contributed by atoms with van der Waals surface area (Å²) in [5.74, 6) is -3.30. The van der Waals surface area contributed by atoms with Crippen molar-refractivity contribution >= 4 is 21.8 Å². The van der Waals surface area contributed by atoms with Crippen molar-refractivity contribution in [2.24, 2.45) is 5.92 Å². The summed E-state index contributed by atoms with van der Waals surface area (Å²) >= 11 is 0. The lowest BCUT2D eigenvalue weighted by atomic mass is 10.0. The van der Waals surface area contributed by atoms with Gasteiger partial charge in [-0.25, -0.2) is 21.9 Å². The maximum atomic E-state index is 13.6. The van der Waals surface area contributed by atoms with Crippen LogP contribution in [-0.2, 0) is 14.8 Å². The zero-order valence-electron chi connectivity index (χ0n) is 16.1. The number of halogens is 2. The molecular formula is C20H21F2N3O4S. The van der Waals surface area contributed by atoms with E-state index >= 15 is 0 Å². The summed E-state index contributed by atoms with van der Waals surface area (Å²) in [6.45, 7) is 0.341. The number of benzene rings is 2. The molecule has 1 atom stereocenters. The highest BCUT2D eigenvalue weighted by atomic mass is 32.2. The van der Waals surface area contributed by atoms with Crippen molar-refractivity contribution in [2.75, 3.05) is 13.6 Å². The minimum atomic E-state index is -3.78. The van der Waals surface area contributed by atoms with Crippen LogP contribution in [0.15, 0.2) is 47.4 Å². The molecule has 2 amide bonds. The summed E-state index contributed by atoms with van der Waals surface area (Å²) in [6.07, 6.45) is 1.96. The standard InChI is InChI=1S/C20H21F2N3O4S/c1-23-20(27)18(13-7-8-16(21)17(22)10-13)25-19(26)14-3-2-4-15(9-14)30(28,29)24-11-12-5-6-12/h2-4,7-10,12,18,24H,5-6,11H2,1H3,(H,23,27)(H,25,26). The quantitative estimate of drug-likeness (QED) is 0.586. The molecule has 0 bridgehead atoms. The van der Waals surface area contributed by atoms with Crippen molar-refractivity contribution in [1.82, 2.24) is 15.4 Å². The van der Waals surface area contributed by atoms with Gasteiger partial charge in [0.2, 0.25) is 15.9 Å². The van der Waals surface area contributed by atoms with Crippen molar-refractivity contribution in [3.63, 3.8) is 0 Å². The number of amides is 2. The molecular weight excluding hydrogens is 416 g/mol. The van der Waals surface area contributed by atoms with Crippen molar-refractivity contribution in [2.45, 2.75) is 23.8 Å². The average Bonchev–Trinajstić information content (AvgIpc) is 3.56. The van der Waals surface area contributed by atoms with E-state index in [0.29, 0.717) is 12.5 Å². The van der Waals surface area contributed by atoms with Crippen LogP contribution in [0.1, 0.15) is 34.8 Å². The number of hydrogen-bond donors (Lipinski definition) is 3. The number of rotatable bonds is 8. The van der Waals surface area contributed by atoms with Gasteiger partial charge in [-0.15, -0.1) is 0 Å². The Labute approximate surface area is 172 Å². The third-order valence-corrected chi connectivity index (χ3v) is 6.15. The third-order valence-electron chi connectivity index (χ3n) is 4.73. The minimum Gasteiger partial charge on any atom is -0.357 e. The summed E-state index contributed by atoms with van der Waals surface area (Å²) in [5, 5.41) is 4.78. The summed E-state index contributed by atoms with van der Waals surface area (Å²) in [6, 6.07) is 6.90. The first kappa shape index (κ1) is 21.8. The van der Waals surface area contributed by atoms with Gasteiger partial charge in [0.25, 0.3) is 5.91 Å². The largest absolute Gasteiger partial charge is 0.357 e. The minimum absolute atomic E-state index is 0.000726.